The van der Waals surface area contributed by atoms with Crippen LogP contribution in [0.4, 0.5) is 10.5 Å². The second-order valence-corrected chi connectivity index (χ2v) is 14.1. The number of carbonyl (C=O) groups excluding carboxylic acids is 1. The van der Waals surface area contributed by atoms with Crippen molar-refractivity contribution in [1.29, 1.82) is 5.41 Å². The second-order valence-electron chi connectivity index (χ2n) is 12.2. The molecule has 0 radical (unpaired) electrons. The van der Waals surface area contributed by atoms with Crippen LogP contribution in [0.3, 0.4) is 0 Å². The molecule has 1 fully saturated rings. The quantitative estimate of drug-likeness (QED) is 0.304. The summed E-state index contributed by atoms with van der Waals surface area (Å²) in [5.74, 6) is 0.106. The highest BCUT2D eigenvalue weighted by Crippen LogP contribution is 2.26. The van der Waals surface area contributed by atoms with Crippen molar-refractivity contribution in [3.63, 3.8) is 0 Å². The Morgan fingerprint density at radius 3 is 2.35 bits per heavy atom. The SMILES string of the molecule is Cc1ccccc1S(=O)(=O)N(CCN(Cc1cncn1C)c1ccc(C=N)cc1)CC1CCN(C(=O)OC(C)(C)C)CC1. The van der Waals surface area contributed by atoms with E-state index in [-0.39, 0.29) is 18.6 Å². The summed E-state index contributed by atoms with van der Waals surface area (Å²) in [6.07, 6.45) is 5.95. The summed E-state index contributed by atoms with van der Waals surface area (Å²) in [5, 5.41) is 7.56. The monoisotopic (exact) mass is 608 g/mol. The predicted octanol–water partition coefficient (Wildman–Crippen LogP) is 5.07. The molecule has 11 heteroatoms. The molecule has 0 aliphatic carbocycles. The Kier molecular flexibility index (Phi) is 10.3. The minimum atomic E-state index is -3.79. The topological polar surface area (TPSA) is 112 Å². The van der Waals surface area contributed by atoms with Crippen LogP contribution in [0.25, 0.3) is 0 Å². The van der Waals surface area contributed by atoms with E-state index in [0.29, 0.717) is 56.0 Å². The number of rotatable bonds is 11. The molecule has 1 aliphatic heterocycles. The molecule has 0 atom stereocenters. The first-order valence-electron chi connectivity index (χ1n) is 14.7. The van der Waals surface area contributed by atoms with Gasteiger partial charge < -0.3 is 24.5 Å². The number of nitrogens with one attached hydrogen (secondary N) is 1. The number of likely N-dealkylation sites (tertiary alicyclic amines) is 1. The lowest BCUT2D eigenvalue weighted by atomic mass is 9.97. The average Bonchev–Trinajstić information content (AvgIpc) is 3.37. The van der Waals surface area contributed by atoms with E-state index in [1.54, 1.807) is 27.7 Å². The molecule has 1 aromatic heterocycles. The number of nitrogens with zero attached hydrogens (tertiary/aromatic N) is 5. The fourth-order valence-corrected chi connectivity index (χ4v) is 6.99. The van der Waals surface area contributed by atoms with Gasteiger partial charge >= 0.3 is 6.09 Å². The van der Waals surface area contributed by atoms with Crippen molar-refractivity contribution in [1.82, 2.24) is 18.8 Å². The maximum atomic E-state index is 14.1. The summed E-state index contributed by atoms with van der Waals surface area (Å²) in [6, 6.07) is 14.8. The zero-order valence-corrected chi connectivity index (χ0v) is 26.7. The summed E-state index contributed by atoms with van der Waals surface area (Å²) in [7, 11) is -1.85. The third kappa shape index (κ3) is 8.45. The van der Waals surface area contributed by atoms with Crippen LogP contribution < -0.4 is 4.90 Å². The standard InChI is InChI=1S/C32H44N6O4S/c1-25-8-6-7-9-30(25)43(40,41)38(22-27-14-16-36(17-15-27)31(39)42-32(2,3)4)19-18-37(23-29-21-34-24-35(29)5)28-12-10-26(20-33)11-13-28/h6-13,20-21,24,27,33H,14-19,22-23H2,1-5H3. The van der Waals surface area contributed by atoms with Gasteiger partial charge in [-0.05, 0) is 75.8 Å². The average molecular weight is 609 g/mol. The molecule has 1 saturated heterocycles. The number of sulfonamides is 1. The first-order chi connectivity index (χ1) is 20.4. The zero-order chi connectivity index (χ0) is 31.2. The number of hydrogen-bond donors (Lipinski definition) is 1. The van der Waals surface area contributed by atoms with Crippen LogP contribution in [0.2, 0.25) is 0 Å². The van der Waals surface area contributed by atoms with E-state index in [9.17, 15) is 13.2 Å². The van der Waals surface area contributed by atoms with E-state index in [0.717, 1.165) is 16.9 Å². The summed E-state index contributed by atoms with van der Waals surface area (Å²) in [5.41, 5.74) is 2.88. The highest BCUT2D eigenvalue weighted by atomic mass is 32.2. The highest BCUT2D eigenvalue weighted by molar-refractivity contribution is 7.89. The molecule has 1 aliphatic rings. The minimum absolute atomic E-state index is 0.106. The lowest BCUT2D eigenvalue weighted by Crippen LogP contribution is -2.46. The smallest absolute Gasteiger partial charge is 0.410 e. The van der Waals surface area contributed by atoms with E-state index in [4.69, 9.17) is 10.1 Å². The number of imidazole rings is 1. The van der Waals surface area contributed by atoms with Gasteiger partial charge in [-0.1, -0.05) is 30.3 Å². The first-order valence-corrected chi connectivity index (χ1v) is 16.2. The Balaban J connectivity index is 1.56. The number of piperidine rings is 1. The van der Waals surface area contributed by atoms with Gasteiger partial charge in [-0.3, -0.25) is 0 Å². The summed E-state index contributed by atoms with van der Waals surface area (Å²) in [4.78, 5) is 21.0. The van der Waals surface area contributed by atoms with Gasteiger partial charge in [0.05, 0.1) is 23.5 Å². The third-order valence-corrected chi connectivity index (χ3v) is 9.78. The van der Waals surface area contributed by atoms with Crippen molar-refractivity contribution in [3.05, 3.63) is 77.9 Å². The highest BCUT2D eigenvalue weighted by Gasteiger charge is 2.32. The fourth-order valence-electron chi connectivity index (χ4n) is 5.25. The normalized spacial score (nSPS) is 14.6. The van der Waals surface area contributed by atoms with Crippen molar-refractivity contribution in [2.45, 2.75) is 57.6 Å². The molecule has 43 heavy (non-hydrogen) atoms. The molecule has 2 heterocycles. The Hall–Kier alpha value is -3.70. The molecular weight excluding hydrogens is 564 g/mol. The molecule has 1 amide bonds. The van der Waals surface area contributed by atoms with Gasteiger partial charge in [-0.2, -0.15) is 4.31 Å². The van der Waals surface area contributed by atoms with E-state index in [2.05, 4.69) is 9.88 Å². The molecule has 2 aromatic carbocycles. The number of benzene rings is 2. The molecular formula is C32H44N6O4S. The van der Waals surface area contributed by atoms with E-state index in [1.165, 1.54) is 6.21 Å². The molecule has 0 saturated carbocycles. The molecule has 10 nitrogen and oxygen atoms in total. The molecule has 1 N–H and O–H groups in total. The first kappa shape index (κ1) is 32.2. The third-order valence-electron chi connectivity index (χ3n) is 7.75. The van der Waals surface area contributed by atoms with Crippen molar-refractivity contribution < 1.29 is 17.9 Å². The lowest BCUT2D eigenvalue weighted by Gasteiger charge is -2.36. The van der Waals surface area contributed by atoms with Crippen LogP contribution >= 0.6 is 0 Å². The van der Waals surface area contributed by atoms with E-state index in [1.807, 2.05) is 81.9 Å². The van der Waals surface area contributed by atoms with Gasteiger partial charge in [-0.15, -0.1) is 0 Å². The molecule has 4 rings (SSSR count). The van der Waals surface area contributed by atoms with Gasteiger partial charge in [-0.25, -0.2) is 18.2 Å². The Morgan fingerprint density at radius 1 is 1.09 bits per heavy atom. The van der Waals surface area contributed by atoms with Gasteiger partial charge in [0.25, 0.3) is 0 Å². The maximum Gasteiger partial charge on any atom is 0.410 e. The number of amides is 1. The molecule has 0 spiro atoms. The molecule has 0 bridgehead atoms. The van der Waals surface area contributed by atoms with Gasteiger partial charge in [0.15, 0.2) is 0 Å². The van der Waals surface area contributed by atoms with E-state index < -0.39 is 15.6 Å². The van der Waals surface area contributed by atoms with E-state index >= 15 is 0 Å². The Morgan fingerprint density at radius 2 is 1.77 bits per heavy atom. The van der Waals surface area contributed by atoms with Crippen LogP contribution in [0.5, 0.6) is 0 Å². The largest absolute Gasteiger partial charge is 0.444 e. The van der Waals surface area contributed by atoms with Crippen LogP contribution in [0, 0.1) is 18.3 Å². The Labute approximate surface area is 255 Å². The maximum absolute atomic E-state index is 14.1. The molecule has 0 unspecified atom stereocenters. The van der Waals surface area contributed by atoms with Gasteiger partial charge in [0, 0.05) is 57.9 Å². The number of hydrogen-bond acceptors (Lipinski definition) is 7. The summed E-state index contributed by atoms with van der Waals surface area (Å²) in [6.45, 7) is 10.1. The second kappa shape index (κ2) is 13.7. The van der Waals surface area contributed by atoms with Crippen molar-refractivity contribution >= 4 is 28.0 Å². The number of aromatic nitrogens is 2. The molecule has 232 valence electrons. The summed E-state index contributed by atoms with van der Waals surface area (Å²) >= 11 is 0. The van der Waals surface area contributed by atoms with Crippen LogP contribution in [-0.4, -0.2) is 77.8 Å². The number of carbonyl (C=O) groups is 1. The van der Waals surface area contributed by atoms with Crippen LogP contribution in [0.1, 0.15) is 50.4 Å². The number of anilines is 1. The lowest BCUT2D eigenvalue weighted by molar-refractivity contribution is 0.0178. The van der Waals surface area contributed by atoms with Gasteiger partial charge in [0.1, 0.15) is 5.60 Å². The summed E-state index contributed by atoms with van der Waals surface area (Å²) < 4.78 is 37.4. The Bertz CT molecular complexity index is 1490. The molecule has 3 aromatic rings. The predicted molar refractivity (Wildman–Crippen MR) is 169 cm³/mol. The van der Waals surface area contributed by atoms with Crippen molar-refractivity contribution in [3.8, 4) is 0 Å². The number of ether oxygens (including phenoxy) is 1. The minimum Gasteiger partial charge on any atom is -0.444 e. The van der Waals surface area contributed by atoms with Crippen LogP contribution in [0.15, 0.2) is 66.0 Å². The van der Waals surface area contributed by atoms with Gasteiger partial charge in [0.2, 0.25) is 10.0 Å². The number of aryl methyl sites for hydroxylation is 2. The zero-order valence-electron chi connectivity index (χ0n) is 25.9. The fraction of sp³-hybridized carbons (Fsp3) is 0.469. The van der Waals surface area contributed by atoms with Crippen molar-refractivity contribution in [2.75, 3.05) is 37.6 Å². The van der Waals surface area contributed by atoms with Crippen LogP contribution in [-0.2, 0) is 28.4 Å². The van der Waals surface area contributed by atoms with Crippen molar-refractivity contribution in [2.24, 2.45) is 13.0 Å².